The van der Waals surface area contributed by atoms with E-state index in [0.29, 0.717) is 0 Å². The first-order chi connectivity index (χ1) is 2.00. The third-order valence-electron chi connectivity index (χ3n) is 0. The van der Waals surface area contributed by atoms with Gasteiger partial charge in [-0.25, -0.2) is 0 Å². The summed E-state index contributed by atoms with van der Waals surface area (Å²) in [4.78, 5) is 0. The van der Waals surface area contributed by atoms with E-state index in [-0.39, 0.29) is 21.7 Å². The largest absolute Gasteiger partial charge is 0.400 e. The van der Waals surface area contributed by atoms with E-state index >= 15 is 0 Å². The smallest absolute Gasteiger partial charge is 0.0319 e. The first kappa shape index (κ1) is 17.3. The molecule has 0 unspecified atom stereocenters. The maximum absolute atomic E-state index is 7.00. The molecule has 0 fully saturated rings. The van der Waals surface area contributed by atoms with Gasteiger partial charge in [0.1, 0.15) is 0 Å². The Balaban J connectivity index is -0.0000000133. The summed E-state index contributed by atoms with van der Waals surface area (Å²) in [7, 11) is 1.00. The van der Waals surface area contributed by atoms with Crippen molar-refractivity contribution < 1.29 is 26.8 Å². The van der Waals surface area contributed by atoms with Gasteiger partial charge in [0.15, 0.2) is 0 Å². The molecule has 0 rings (SSSR count). The van der Waals surface area contributed by atoms with E-state index in [1.807, 2.05) is 0 Å². The van der Waals surface area contributed by atoms with Gasteiger partial charge in [-0.3, -0.25) is 0 Å². The zero-order valence-electron chi connectivity index (χ0n) is 3.65. The first-order valence-electron chi connectivity index (χ1n) is 1.15. The van der Waals surface area contributed by atoms with Gasteiger partial charge in [0.05, 0.1) is 0 Å². The number of aliphatic hydroxyl groups excluding tert-OH is 1. The molecule has 1 N–H and O–H groups in total. The molecule has 5 heavy (non-hydrogen) atoms. The number of rotatable bonds is 0. The summed E-state index contributed by atoms with van der Waals surface area (Å²) < 4.78 is 0. The monoisotopic (exact) mass is 109 g/mol. The molecule has 0 aromatic rings. The van der Waals surface area contributed by atoms with Gasteiger partial charge in [-0.05, 0) is 0 Å². The van der Waals surface area contributed by atoms with Crippen LogP contribution in [-0.2, 0) is 21.7 Å². The third-order valence-corrected chi connectivity index (χ3v) is 0. The third kappa shape index (κ3) is 73.5. The van der Waals surface area contributed by atoms with E-state index in [9.17, 15) is 0 Å². The minimum absolute atomic E-state index is 0. The van der Waals surface area contributed by atoms with Crippen LogP contribution in [0.5, 0.6) is 0 Å². The number of aliphatic hydroxyl groups is 1. The van der Waals surface area contributed by atoms with Crippen molar-refractivity contribution in [3.05, 3.63) is 6.92 Å². The maximum Gasteiger partial charge on any atom is 0.0319 e. The normalized spacial score (nSPS) is 2.40. The molecule has 1 nitrogen and oxygen atoms in total. The van der Waals surface area contributed by atoms with Crippen LogP contribution in [0.4, 0.5) is 0 Å². The van der Waals surface area contributed by atoms with Gasteiger partial charge in [0, 0.05) is 28.8 Å². The summed E-state index contributed by atoms with van der Waals surface area (Å²) in [5.74, 6) is 0. The molecular weight excluding hydrogens is 99.9 g/mol. The molecule has 0 radical (unpaired) electrons. The second kappa shape index (κ2) is 139. The van der Waals surface area contributed by atoms with E-state index in [2.05, 4.69) is 6.92 Å². The van der Waals surface area contributed by atoms with Crippen LogP contribution in [-0.4, -0.2) is 12.2 Å². The summed E-state index contributed by atoms with van der Waals surface area (Å²) in [5, 5.41) is 7.00. The predicted molar refractivity (Wildman–Crippen MR) is 19.2 cm³/mol. The molecule has 2 heteroatoms. The molecule has 0 heterocycles. The molecule has 0 bridgehead atoms. The van der Waals surface area contributed by atoms with Crippen LogP contribution in [0.25, 0.3) is 0 Å². The number of hydrogen-bond donors (Lipinski definition) is 1. The molecule has 0 atom stereocenters. The Kier molecular flexibility index (Phi) is 481. The molecule has 0 aliphatic carbocycles. The van der Waals surface area contributed by atoms with Crippen LogP contribution in [0.3, 0.4) is 0 Å². The summed E-state index contributed by atoms with van der Waals surface area (Å²) in [6.45, 7) is 5.00. The van der Waals surface area contributed by atoms with Crippen LogP contribution in [0.15, 0.2) is 0 Å². The van der Waals surface area contributed by atoms with Gasteiger partial charge in [-0.1, -0.05) is 0 Å². The predicted octanol–water partition coefficient (Wildman–Crippen LogP) is 0.446. The standard InChI is InChI=1S/C2H5.CH4O.Ti/c2*1-2;/h1H2,2H3;2H,1H3;/q-1;;. The zero-order chi connectivity index (χ0) is 4.00. The molecule has 0 aromatic heterocycles. The van der Waals surface area contributed by atoms with E-state index in [0.717, 1.165) is 7.11 Å². The fourth-order valence-electron chi connectivity index (χ4n) is 0. The molecular formula is C3H9OTi-. The summed E-state index contributed by atoms with van der Waals surface area (Å²) >= 11 is 0. The van der Waals surface area contributed by atoms with Crippen LogP contribution in [0.2, 0.25) is 0 Å². The molecule has 0 saturated heterocycles. The molecule has 32 valence electrons. The van der Waals surface area contributed by atoms with Crippen molar-refractivity contribution in [1.82, 2.24) is 0 Å². The van der Waals surface area contributed by atoms with E-state index in [4.69, 9.17) is 5.11 Å². The van der Waals surface area contributed by atoms with Crippen molar-refractivity contribution >= 4 is 0 Å². The van der Waals surface area contributed by atoms with Crippen LogP contribution >= 0.6 is 0 Å². The van der Waals surface area contributed by atoms with Gasteiger partial charge >= 0.3 is 0 Å². The minimum atomic E-state index is 0. The zero-order valence-corrected chi connectivity index (χ0v) is 5.22. The van der Waals surface area contributed by atoms with E-state index < -0.39 is 0 Å². The Morgan fingerprint density at radius 2 is 1.20 bits per heavy atom. The van der Waals surface area contributed by atoms with Crippen LogP contribution in [0.1, 0.15) is 6.92 Å². The molecule has 0 aliphatic rings. The summed E-state index contributed by atoms with van der Waals surface area (Å²) in [5.41, 5.74) is 0. The van der Waals surface area contributed by atoms with Gasteiger partial charge in [-0.15, -0.1) is 0 Å². The molecule has 0 aliphatic heterocycles. The SMILES string of the molecule is CO.[CH2-]C.[Ti]. The Labute approximate surface area is 48.3 Å². The molecule has 0 saturated carbocycles. The first-order valence-corrected chi connectivity index (χ1v) is 1.15. The summed E-state index contributed by atoms with van der Waals surface area (Å²) in [6.07, 6.45) is 0. The topological polar surface area (TPSA) is 20.2 Å². The second-order valence-electron chi connectivity index (χ2n) is 0. The summed E-state index contributed by atoms with van der Waals surface area (Å²) in [6, 6.07) is 0. The van der Waals surface area contributed by atoms with E-state index in [1.165, 1.54) is 0 Å². The Bertz CT molecular complexity index is 6.85. The average Bonchev–Trinajstić information content (AvgIpc) is 1.50. The van der Waals surface area contributed by atoms with Crippen LogP contribution < -0.4 is 0 Å². The van der Waals surface area contributed by atoms with Crippen LogP contribution in [0, 0.1) is 6.92 Å². The second-order valence-corrected chi connectivity index (χ2v) is 0. The quantitative estimate of drug-likeness (QED) is 0.353. The Morgan fingerprint density at radius 3 is 1.20 bits per heavy atom. The van der Waals surface area contributed by atoms with Gasteiger partial charge in [-0.2, -0.15) is 6.92 Å². The van der Waals surface area contributed by atoms with Crippen molar-refractivity contribution in [2.24, 2.45) is 0 Å². The van der Waals surface area contributed by atoms with Crippen molar-refractivity contribution in [2.45, 2.75) is 6.92 Å². The maximum atomic E-state index is 7.00. The van der Waals surface area contributed by atoms with Crippen molar-refractivity contribution in [1.29, 1.82) is 0 Å². The Morgan fingerprint density at radius 1 is 1.20 bits per heavy atom. The van der Waals surface area contributed by atoms with Crippen molar-refractivity contribution in [2.75, 3.05) is 7.11 Å². The molecule has 0 spiro atoms. The number of hydrogen-bond acceptors (Lipinski definition) is 1. The van der Waals surface area contributed by atoms with Crippen molar-refractivity contribution in [3.63, 3.8) is 0 Å². The molecule has 0 amide bonds. The van der Waals surface area contributed by atoms with Gasteiger partial charge in [0.2, 0.25) is 0 Å². The van der Waals surface area contributed by atoms with Gasteiger partial charge < -0.3 is 12.0 Å². The Hall–Kier alpha value is 0.674. The fourth-order valence-corrected chi connectivity index (χ4v) is 0. The van der Waals surface area contributed by atoms with E-state index in [1.54, 1.807) is 6.92 Å². The fraction of sp³-hybridized carbons (Fsp3) is 0.667. The minimum Gasteiger partial charge on any atom is -0.400 e. The molecule has 0 aromatic carbocycles. The van der Waals surface area contributed by atoms with Crippen molar-refractivity contribution in [3.8, 4) is 0 Å². The average molecular weight is 109 g/mol. The van der Waals surface area contributed by atoms with Gasteiger partial charge in [0.25, 0.3) is 0 Å².